The number of furan rings is 1. The lowest BCUT2D eigenvalue weighted by Crippen LogP contribution is -2.44. The first-order valence-corrected chi connectivity index (χ1v) is 8.85. The number of hydrogen-bond donors (Lipinski definition) is 3. The molecule has 1 amide bonds. The Hall–Kier alpha value is -2.65. The standard InChI is InChI=1S/C20H22BNO6/c1-13-7-6-10-16-15(12-27-18(13)16)11-17(28-21(24)25)22-20(23)19(26-2)14-8-4-3-5-9-14/h3-10,12,17,19,24-25H,11H2,1-2H3,(H,22,23)/t17-,19-/m1/s1. The van der Waals surface area contributed by atoms with E-state index in [0.717, 1.165) is 22.1 Å². The maximum absolute atomic E-state index is 12.7. The summed E-state index contributed by atoms with van der Waals surface area (Å²) >= 11 is 0. The summed E-state index contributed by atoms with van der Waals surface area (Å²) in [7, 11) is -0.608. The van der Waals surface area contributed by atoms with Crippen LogP contribution in [0.2, 0.25) is 0 Å². The van der Waals surface area contributed by atoms with Crippen molar-refractivity contribution in [2.45, 2.75) is 25.7 Å². The van der Waals surface area contributed by atoms with Crippen LogP contribution in [0.15, 0.2) is 59.2 Å². The predicted molar refractivity (Wildman–Crippen MR) is 104 cm³/mol. The van der Waals surface area contributed by atoms with Crippen molar-refractivity contribution in [1.29, 1.82) is 0 Å². The number of aryl methyl sites for hydroxylation is 1. The second kappa shape index (κ2) is 9.03. The SMILES string of the molecule is CO[C@@H](C(=O)N[C@@H](Cc1coc2c(C)cccc12)OB(O)O)c1ccccc1. The molecule has 0 aliphatic heterocycles. The molecule has 28 heavy (non-hydrogen) atoms. The molecule has 146 valence electrons. The maximum atomic E-state index is 12.7. The van der Waals surface area contributed by atoms with Crippen LogP contribution in [0.4, 0.5) is 0 Å². The third kappa shape index (κ3) is 4.60. The van der Waals surface area contributed by atoms with Gasteiger partial charge in [0, 0.05) is 24.5 Å². The minimum absolute atomic E-state index is 0.186. The zero-order valence-electron chi connectivity index (χ0n) is 15.7. The number of nitrogens with one attached hydrogen (secondary N) is 1. The van der Waals surface area contributed by atoms with Crippen LogP contribution in [-0.2, 0) is 20.6 Å². The Morgan fingerprint density at radius 3 is 2.61 bits per heavy atom. The molecular weight excluding hydrogens is 361 g/mol. The zero-order valence-corrected chi connectivity index (χ0v) is 15.7. The van der Waals surface area contributed by atoms with Gasteiger partial charge in [-0.1, -0.05) is 48.5 Å². The molecule has 0 aliphatic carbocycles. The third-order valence-electron chi connectivity index (χ3n) is 4.45. The third-order valence-corrected chi connectivity index (χ3v) is 4.45. The van der Waals surface area contributed by atoms with Crippen LogP contribution in [0, 0.1) is 6.92 Å². The zero-order chi connectivity index (χ0) is 20.1. The monoisotopic (exact) mass is 383 g/mol. The quantitative estimate of drug-likeness (QED) is 0.407. The van der Waals surface area contributed by atoms with Crippen LogP contribution < -0.4 is 5.32 Å². The summed E-state index contributed by atoms with van der Waals surface area (Å²) in [5, 5.41) is 22.1. The number of carbonyl (C=O) groups is 1. The predicted octanol–water partition coefficient (Wildman–Crippen LogP) is 2.10. The minimum atomic E-state index is -2.04. The Morgan fingerprint density at radius 1 is 1.18 bits per heavy atom. The molecule has 0 saturated heterocycles. The van der Waals surface area contributed by atoms with Gasteiger partial charge in [-0.3, -0.25) is 4.79 Å². The summed E-state index contributed by atoms with van der Waals surface area (Å²) in [4.78, 5) is 12.7. The van der Waals surface area contributed by atoms with Gasteiger partial charge >= 0.3 is 7.32 Å². The minimum Gasteiger partial charge on any atom is -0.464 e. The first-order valence-electron chi connectivity index (χ1n) is 8.85. The molecule has 0 unspecified atom stereocenters. The van der Waals surface area contributed by atoms with E-state index >= 15 is 0 Å². The Bertz CT molecular complexity index is 927. The first kappa shape index (κ1) is 20.1. The number of hydrogen-bond acceptors (Lipinski definition) is 6. The highest BCUT2D eigenvalue weighted by Crippen LogP contribution is 2.25. The van der Waals surface area contributed by atoms with Crippen LogP contribution >= 0.6 is 0 Å². The van der Waals surface area contributed by atoms with Crippen LogP contribution in [0.1, 0.15) is 22.8 Å². The average Bonchev–Trinajstić information content (AvgIpc) is 3.07. The number of amides is 1. The van der Waals surface area contributed by atoms with Crippen molar-refractivity contribution >= 4 is 24.2 Å². The van der Waals surface area contributed by atoms with Crippen LogP contribution in [-0.4, -0.2) is 36.6 Å². The van der Waals surface area contributed by atoms with Crippen molar-refractivity contribution in [2.24, 2.45) is 0 Å². The van der Waals surface area contributed by atoms with Gasteiger partial charge in [-0.05, 0) is 18.1 Å². The molecule has 1 aromatic heterocycles. The lowest BCUT2D eigenvalue weighted by Gasteiger charge is -2.22. The highest BCUT2D eigenvalue weighted by atomic mass is 16.6. The van der Waals surface area contributed by atoms with Gasteiger partial charge in [0.2, 0.25) is 0 Å². The number of fused-ring (bicyclic) bond motifs is 1. The van der Waals surface area contributed by atoms with Crippen molar-refractivity contribution < 1.29 is 28.7 Å². The summed E-state index contributed by atoms with van der Waals surface area (Å²) in [5.74, 6) is -0.455. The highest BCUT2D eigenvalue weighted by Gasteiger charge is 2.27. The largest absolute Gasteiger partial charge is 0.635 e. The molecule has 3 aromatic rings. The smallest absolute Gasteiger partial charge is 0.464 e. The molecule has 0 fully saturated rings. The maximum Gasteiger partial charge on any atom is 0.635 e. The molecule has 1 heterocycles. The number of ether oxygens (including phenoxy) is 1. The molecule has 0 saturated carbocycles. The fourth-order valence-corrected chi connectivity index (χ4v) is 3.15. The Kier molecular flexibility index (Phi) is 6.48. The van der Waals surface area contributed by atoms with Gasteiger partial charge in [0.15, 0.2) is 6.10 Å². The Labute approximate surface area is 163 Å². The highest BCUT2D eigenvalue weighted by molar-refractivity contribution is 6.32. The van der Waals surface area contributed by atoms with Crippen LogP contribution in [0.25, 0.3) is 11.0 Å². The topological polar surface area (TPSA) is 101 Å². The normalized spacial score (nSPS) is 13.3. The number of para-hydroxylation sites is 1. The first-order chi connectivity index (χ1) is 13.5. The van der Waals surface area contributed by atoms with Gasteiger partial charge in [-0.25, -0.2) is 0 Å². The summed E-state index contributed by atoms with van der Waals surface area (Å²) in [6.07, 6.45) is -0.0818. The molecule has 7 nitrogen and oxygen atoms in total. The number of carbonyl (C=O) groups excluding carboxylic acids is 1. The lowest BCUT2D eigenvalue weighted by atomic mass is 10.1. The van der Waals surface area contributed by atoms with E-state index in [9.17, 15) is 14.8 Å². The average molecular weight is 383 g/mol. The summed E-state index contributed by atoms with van der Waals surface area (Å²) < 4.78 is 16.0. The molecule has 0 spiro atoms. The fraction of sp³-hybridized carbons (Fsp3) is 0.250. The van der Waals surface area contributed by atoms with Crippen molar-refractivity contribution in [1.82, 2.24) is 5.32 Å². The fourth-order valence-electron chi connectivity index (χ4n) is 3.15. The van der Waals surface area contributed by atoms with Gasteiger partial charge in [-0.15, -0.1) is 0 Å². The van der Waals surface area contributed by atoms with Crippen molar-refractivity contribution in [3.8, 4) is 0 Å². The van der Waals surface area contributed by atoms with Crippen molar-refractivity contribution in [3.63, 3.8) is 0 Å². The van der Waals surface area contributed by atoms with E-state index in [4.69, 9.17) is 13.8 Å². The second-order valence-corrected chi connectivity index (χ2v) is 6.40. The Balaban J connectivity index is 1.79. The summed E-state index contributed by atoms with van der Waals surface area (Å²) in [5.41, 5.74) is 3.18. The van der Waals surface area contributed by atoms with E-state index in [1.54, 1.807) is 30.5 Å². The van der Waals surface area contributed by atoms with Gasteiger partial charge in [0.05, 0.1) is 6.26 Å². The van der Waals surface area contributed by atoms with Crippen LogP contribution in [0.5, 0.6) is 0 Å². The molecule has 2 atom stereocenters. The Morgan fingerprint density at radius 2 is 1.93 bits per heavy atom. The van der Waals surface area contributed by atoms with E-state index in [0.29, 0.717) is 5.56 Å². The number of methoxy groups -OCH3 is 1. The summed E-state index contributed by atoms with van der Waals surface area (Å²) in [6.45, 7) is 1.94. The molecule has 8 heteroatoms. The van der Waals surface area contributed by atoms with E-state index in [1.807, 2.05) is 31.2 Å². The molecule has 3 N–H and O–H groups in total. The van der Waals surface area contributed by atoms with Gasteiger partial charge < -0.3 is 29.2 Å². The van der Waals surface area contributed by atoms with Gasteiger partial charge in [-0.2, -0.15) is 0 Å². The van der Waals surface area contributed by atoms with E-state index in [-0.39, 0.29) is 6.42 Å². The molecule has 3 rings (SSSR count). The van der Waals surface area contributed by atoms with Gasteiger partial charge in [0.25, 0.3) is 5.91 Å². The van der Waals surface area contributed by atoms with E-state index in [1.165, 1.54) is 7.11 Å². The molecule has 0 radical (unpaired) electrons. The molecule has 2 aromatic carbocycles. The number of benzene rings is 2. The molecule has 0 bridgehead atoms. The van der Waals surface area contributed by atoms with E-state index < -0.39 is 25.6 Å². The second-order valence-electron chi connectivity index (χ2n) is 6.40. The molecule has 0 aliphatic rings. The van der Waals surface area contributed by atoms with Crippen LogP contribution in [0.3, 0.4) is 0 Å². The van der Waals surface area contributed by atoms with Crippen molar-refractivity contribution in [2.75, 3.05) is 7.11 Å². The molecular formula is C20H22BNO6. The van der Waals surface area contributed by atoms with E-state index in [2.05, 4.69) is 5.32 Å². The number of rotatable bonds is 8. The van der Waals surface area contributed by atoms with Gasteiger partial charge in [0.1, 0.15) is 11.8 Å². The lowest BCUT2D eigenvalue weighted by molar-refractivity contribution is -0.134. The van der Waals surface area contributed by atoms with Crippen molar-refractivity contribution in [3.05, 3.63) is 71.5 Å². The summed E-state index contributed by atoms with van der Waals surface area (Å²) in [6, 6.07) is 14.7.